The zero-order valence-corrected chi connectivity index (χ0v) is 13.9. The number of benzene rings is 1. The minimum atomic E-state index is 0.311. The number of aromatic nitrogens is 3. The largest absolute Gasteiger partial charge is 0.463 e. The fourth-order valence-electron chi connectivity index (χ4n) is 1.65. The molecule has 0 aliphatic carbocycles. The summed E-state index contributed by atoms with van der Waals surface area (Å²) in [5, 5.41) is 6.10. The van der Waals surface area contributed by atoms with E-state index in [0.29, 0.717) is 24.5 Å². The lowest BCUT2D eigenvalue weighted by Gasteiger charge is -2.11. The van der Waals surface area contributed by atoms with Crippen LogP contribution in [0.5, 0.6) is 6.01 Å². The SMILES string of the molecule is CCCOc1nc(NC)nc(Nc2cccc(Br)c2C)n1. The average Bonchev–Trinajstić information content (AvgIpc) is 2.49. The van der Waals surface area contributed by atoms with Gasteiger partial charge in [-0.1, -0.05) is 28.9 Å². The molecule has 112 valence electrons. The molecule has 1 heterocycles. The first-order valence-corrected chi connectivity index (χ1v) is 7.52. The summed E-state index contributed by atoms with van der Waals surface area (Å²) in [4.78, 5) is 12.7. The van der Waals surface area contributed by atoms with Gasteiger partial charge in [0, 0.05) is 17.2 Å². The van der Waals surface area contributed by atoms with Crippen molar-refractivity contribution >= 4 is 33.5 Å². The van der Waals surface area contributed by atoms with Crippen LogP contribution in [0.15, 0.2) is 22.7 Å². The van der Waals surface area contributed by atoms with Gasteiger partial charge in [0.1, 0.15) is 0 Å². The van der Waals surface area contributed by atoms with Gasteiger partial charge in [-0.3, -0.25) is 0 Å². The second kappa shape index (κ2) is 7.21. The highest BCUT2D eigenvalue weighted by Gasteiger charge is 2.09. The summed E-state index contributed by atoms with van der Waals surface area (Å²) in [7, 11) is 1.76. The van der Waals surface area contributed by atoms with E-state index < -0.39 is 0 Å². The van der Waals surface area contributed by atoms with Gasteiger partial charge in [-0.25, -0.2) is 0 Å². The lowest BCUT2D eigenvalue weighted by molar-refractivity contribution is 0.292. The quantitative estimate of drug-likeness (QED) is 0.829. The number of halogens is 1. The summed E-state index contributed by atoms with van der Waals surface area (Å²) in [6.45, 7) is 4.62. The third kappa shape index (κ3) is 4.04. The molecule has 0 saturated carbocycles. The summed E-state index contributed by atoms with van der Waals surface area (Å²) >= 11 is 3.51. The van der Waals surface area contributed by atoms with E-state index >= 15 is 0 Å². The molecule has 0 aliphatic rings. The van der Waals surface area contributed by atoms with Gasteiger partial charge in [0.05, 0.1) is 6.61 Å². The van der Waals surface area contributed by atoms with Gasteiger partial charge in [0.2, 0.25) is 11.9 Å². The Morgan fingerprint density at radius 2 is 1.95 bits per heavy atom. The molecule has 0 amide bonds. The van der Waals surface area contributed by atoms with Crippen LogP contribution in [0.2, 0.25) is 0 Å². The summed E-state index contributed by atoms with van der Waals surface area (Å²) < 4.78 is 6.50. The van der Waals surface area contributed by atoms with Gasteiger partial charge >= 0.3 is 6.01 Å². The van der Waals surface area contributed by atoms with Crippen LogP contribution in [-0.4, -0.2) is 28.6 Å². The summed E-state index contributed by atoms with van der Waals surface area (Å²) in [5.74, 6) is 0.910. The molecule has 0 unspecified atom stereocenters. The average molecular weight is 352 g/mol. The van der Waals surface area contributed by atoms with E-state index in [2.05, 4.69) is 41.5 Å². The van der Waals surface area contributed by atoms with Gasteiger partial charge in [0.15, 0.2) is 0 Å². The van der Waals surface area contributed by atoms with Crippen molar-refractivity contribution in [2.24, 2.45) is 0 Å². The fraction of sp³-hybridized carbons (Fsp3) is 0.357. The number of nitrogens with zero attached hydrogens (tertiary/aromatic N) is 3. The number of nitrogens with one attached hydrogen (secondary N) is 2. The van der Waals surface area contributed by atoms with Crippen molar-refractivity contribution in [2.45, 2.75) is 20.3 Å². The Labute approximate surface area is 132 Å². The van der Waals surface area contributed by atoms with Crippen LogP contribution in [0.4, 0.5) is 17.6 Å². The highest BCUT2D eigenvalue weighted by Crippen LogP contribution is 2.26. The normalized spacial score (nSPS) is 10.3. The van der Waals surface area contributed by atoms with Crippen LogP contribution in [0.25, 0.3) is 0 Å². The molecule has 21 heavy (non-hydrogen) atoms. The smallest absolute Gasteiger partial charge is 0.323 e. The second-order valence-corrected chi connectivity index (χ2v) is 5.26. The van der Waals surface area contributed by atoms with E-state index in [1.807, 2.05) is 32.0 Å². The molecule has 0 radical (unpaired) electrons. The molecule has 0 aliphatic heterocycles. The third-order valence-corrected chi connectivity index (χ3v) is 3.65. The molecule has 7 heteroatoms. The Balaban J connectivity index is 2.28. The monoisotopic (exact) mass is 351 g/mol. The van der Waals surface area contributed by atoms with Crippen LogP contribution < -0.4 is 15.4 Å². The molecule has 2 aromatic rings. The van der Waals surface area contributed by atoms with Crippen molar-refractivity contribution in [3.63, 3.8) is 0 Å². The predicted octanol–water partition coefficient (Wildman–Crippen LogP) is 3.52. The first kappa shape index (κ1) is 15.5. The third-order valence-electron chi connectivity index (χ3n) is 2.79. The van der Waals surface area contributed by atoms with Crippen molar-refractivity contribution in [2.75, 3.05) is 24.3 Å². The lowest BCUT2D eigenvalue weighted by Crippen LogP contribution is -2.08. The molecule has 0 fully saturated rings. The van der Waals surface area contributed by atoms with Crippen molar-refractivity contribution in [1.29, 1.82) is 0 Å². The molecule has 2 rings (SSSR count). The Kier molecular flexibility index (Phi) is 5.32. The maximum Gasteiger partial charge on any atom is 0.323 e. The molecule has 0 bridgehead atoms. The number of hydrogen-bond acceptors (Lipinski definition) is 6. The van der Waals surface area contributed by atoms with Crippen molar-refractivity contribution < 1.29 is 4.74 Å². The van der Waals surface area contributed by atoms with Gasteiger partial charge in [0.25, 0.3) is 0 Å². The summed E-state index contributed by atoms with van der Waals surface area (Å²) in [5.41, 5.74) is 2.01. The Bertz CT molecular complexity index is 620. The number of hydrogen-bond donors (Lipinski definition) is 2. The second-order valence-electron chi connectivity index (χ2n) is 4.40. The van der Waals surface area contributed by atoms with E-state index in [9.17, 15) is 0 Å². The van der Waals surface area contributed by atoms with Gasteiger partial charge in [-0.05, 0) is 31.0 Å². The molecule has 0 saturated heterocycles. The summed E-state index contributed by atoms with van der Waals surface area (Å²) in [6.07, 6.45) is 0.897. The van der Waals surface area contributed by atoms with E-state index in [4.69, 9.17) is 4.74 Å². The Morgan fingerprint density at radius 3 is 2.67 bits per heavy atom. The lowest BCUT2D eigenvalue weighted by atomic mass is 10.2. The van der Waals surface area contributed by atoms with Crippen LogP contribution >= 0.6 is 15.9 Å². The Hall–Kier alpha value is -1.89. The van der Waals surface area contributed by atoms with Crippen molar-refractivity contribution in [3.8, 4) is 6.01 Å². The maximum atomic E-state index is 5.48. The predicted molar refractivity (Wildman–Crippen MR) is 87.3 cm³/mol. The maximum absolute atomic E-state index is 5.48. The first-order chi connectivity index (χ1) is 10.1. The number of ether oxygens (including phenoxy) is 1. The van der Waals surface area contributed by atoms with Crippen LogP contribution in [0.1, 0.15) is 18.9 Å². The van der Waals surface area contributed by atoms with Gasteiger partial charge in [-0.15, -0.1) is 0 Å². The van der Waals surface area contributed by atoms with Crippen LogP contribution in [0, 0.1) is 6.92 Å². The standard InChI is InChI=1S/C14H18BrN5O/c1-4-8-21-14-19-12(16-3)18-13(20-14)17-11-7-5-6-10(15)9(11)2/h5-7H,4,8H2,1-3H3,(H2,16,17,18,19,20). The molecule has 0 spiro atoms. The Morgan fingerprint density at radius 1 is 1.19 bits per heavy atom. The fourth-order valence-corrected chi connectivity index (χ4v) is 2.01. The number of anilines is 3. The van der Waals surface area contributed by atoms with Crippen LogP contribution in [0.3, 0.4) is 0 Å². The zero-order valence-electron chi connectivity index (χ0n) is 12.3. The zero-order chi connectivity index (χ0) is 15.2. The topological polar surface area (TPSA) is 72.0 Å². The molecule has 2 N–H and O–H groups in total. The molecular formula is C14H18BrN5O. The highest BCUT2D eigenvalue weighted by atomic mass is 79.9. The molecule has 0 atom stereocenters. The van der Waals surface area contributed by atoms with Crippen molar-refractivity contribution in [3.05, 3.63) is 28.2 Å². The number of rotatable bonds is 6. The van der Waals surface area contributed by atoms with E-state index in [1.54, 1.807) is 7.05 Å². The minimum absolute atomic E-state index is 0.311. The molecule has 6 nitrogen and oxygen atoms in total. The van der Waals surface area contributed by atoms with Gasteiger partial charge in [-0.2, -0.15) is 15.0 Å². The molecule has 1 aromatic carbocycles. The van der Waals surface area contributed by atoms with E-state index in [1.165, 1.54) is 0 Å². The van der Waals surface area contributed by atoms with Gasteiger partial charge < -0.3 is 15.4 Å². The van der Waals surface area contributed by atoms with E-state index in [-0.39, 0.29) is 0 Å². The molecular weight excluding hydrogens is 334 g/mol. The first-order valence-electron chi connectivity index (χ1n) is 6.72. The van der Waals surface area contributed by atoms with Crippen LogP contribution in [-0.2, 0) is 0 Å². The highest BCUT2D eigenvalue weighted by molar-refractivity contribution is 9.10. The molecule has 1 aromatic heterocycles. The summed E-state index contributed by atoms with van der Waals surface area (Å²) in [6, 6.07) is 6.22. The van der Waals surface area contributed by atoms with E-state index in [0.717, 1.165) is 22.1 Å². The minimum Gasteiger partial charge on any atom is -0.463 e. The van der Waals surface area contributed by atoms with Crippen molar-refractivity contribution in [1.82, 2.24) is 15.0 Å².